The van der Waals surface area contributed by atoms with Crippen LogP contribution in [0.4, 0.5) is 0 Å². The minimum atomic E-state index is -0.894. The van der Waals surface area contributed by atoms with E-state index in [2.05, 4.69) is 10.3 Å². The van der Waals surface area contributed by atoms with Gasteiger partial charge in [-0.25, -0.2) is 0 Å². The fourth-order valence-electron chi connectivity index (χ4n) is 3.39. The molecule has 2 heterocycles. The van der Waals surface area contributed by atoms with Crippen molar-refractivity contribution in [3.05, 3.63) is 66.0 Å². The normalized spacial score (nSPS) is 17.6. The molecule has 0 saturated carbocycles. The maximum Gasteiger partial charge on any atom is 0.308 e. The number of amides is 2. The number of hydrogen-bond acceptors (Lipinski definition) is 4. The second-order valence-electron chi connectivity index (χ2n) is 6.92. The quantitative estimate of drug-likeness (QED) is 0.794. The first-order chi connectivity index (χ1) is 13.5. The summed E-state index contributed by atoms with van der Waals surface area (Å²) in [5.41, 5.74) is 1.29. The van der Waals surface area contributed by atoms with Gasteiger partial charge in [-0.05, 0) is 36.6 Å². The molecule has 28 heavy (non-hydrogen) atoms. The van der Waals surface area contributed by atoms with Crippen LogP contribution < -0.4 is 5.32 Å². The van der Waals surface area contributed by atoms with Gasteiger partial charge in [-0.3, -0.25) is 19.4 Å². The number of likely N-dealkylation sites (tertiary alicyclic amines) is 1. The lowest BCUT2D eigenvalue weighted by Crippen LogP contribution is -2.53. The van der Waals surface area contributed by atoms with Gasteiger partial charge in [0.05, 0.1) is 5.92 Å². The number of piperidine rings is 1. The van der Waals surface area contributed by atoms with Crippen molar-refractivity contribution in [3.8, 4) is 0 Å². The molecule has 7 heteroatoms. The lowest BCUT2D eigenvalue weighted by molar-refractivity contribution is -0.146. The van der Waals surface area contributed by atoms with Crippen molar-refractivity contribution in [2.45, 2.75) is 25.3 Å². The Morgan fingerprint density at radius 1 is 1.18 bits per heavy atom. The number of carboxylic acid groups (broad SMARTS) is 1. The van der Waals surface area contributed by atoms with E-state index in [0.717, 1.165) is 5.56 Å². The van der Waals surface area contributed by atoms with Gasteiger partial charge in [-0.2, -0.15) is 0 Å². The SMILES string of the molecule is O=C(NC(Cc1cccnc1)C(=O)N1CCCC(C(=O)O)C1)c1ccccc1. The van der Waals surface area contributed by atoms with Gasteiger partial charge in [0.1, 0.15) is 6.04 Å². The smallest absolute Gasteiger partial charge is 0.308 e. The summed E-state index contributed by atoms with van der Waals surface area (Å²) in [5, 5.41) is 12.1. The van der Waals surface area contributed by atoms with Gasteiger partial charge < -0.3 is 15.3 Å². The van der Waals surface area contributed by atoms with E-state index in [1.807, 2.05) is 12.1 Å². The number of pyridine rings is 1. The number of carboxylic acids is 1. The number of carbonyl (C=O) groups is 3. The van der Waals surface area contributed by atoms with Crippen molar-refractivity contribution in [2.24, 2.45) is 5.92 Å². The zero-order valence-corrected chi connectivity index (χ0v) is 15.5. The molecule has 0 radical (unpaired) electrons. The predicted octanol–water partition coefficient (Wildman–Crippen LogP) is 1.75. The highest BCUT2D eigenvalue weighted by Crippen LogP contribution is 2.18. The van der Waals surface area contributed by atoms with Crippen molar-refractivity contribution in [1.82, 2.24) is 15.2 Å². The van der Waals surface area contributed by atoms with Crippen molar-refractivity contribution in [2.75, 3.05) is 13.1 Å². The molecule has 2 aromatic rings. The minimum Gasteiger partial charge on any atom is -0.481 e. The second-order valence-corrected chi connectivity index (χ2v) is 6.92. The third kappa shape index (κ3) is 4.94. The van der Waals surface area contributed by atoms with E-state index in [1.54, 1.807) is 47.6 Å². The molecule has 1 aliphatic rings. The van der Waals surface area contributed by atoms with E-state index in [1.165, 1.54) is 0 Å². The van der Waals surface area contributed by atoms with Crippen LogP contribution in [0.1, 0.15) is 28.8 Å². The van der Waals surface area contributed by atoms with Gasteiger partial charge in [-0.15, -0.1) is 0 Å². The number of nitrogens with one attached hydrogen (secondary N) is 1. The Balaban J connectivity index is 1.77. The summed E-state index contributed by atoms with van der Waals surface area (Å²) >= 11 is 0. The number of benzene rings is 1. The van der Waals surface area contributed by atoms with Crippen molar-refractivity contribution < 1.29 is 19.5 Å². The Morgan fingerprint density at radius 2 is 1.96 bits per heavy atom. The van der Waals surface area contributed by atoms with Crippen molar-refractivity contribution >= 4 is 17.8 Å². The molecular formula is C21H23N3O4. The van der Waals surface area contributed by atoms with Gasteiger partial charge in [0, 0.05) is 37.5 Å². The molecule has 0 bridgehead atoms. The zero-order chi connectivity index (χ0) is 19.9. The monoisotopic (exact) mass is 381 g/mol. The average Bonchev–Trinajstić information content (AvgIpc) is 2.74. The van der Waals surface area contributed by atoms with Crippen molar-refractivity contribution in [1.29, 1.82) is 0 Å². The van der Waals surface area contributed by atoms with E-state index in [0.29, 0.717) is 31.4 Å². The van der Waals surface area contributed by atoms with Crippen LogP contribution in [0.25, 0.3) is 0 Å². The summed E-state index contributed by atoms with van der Waals surface area (Å²) in [5.74, 6) is -2.06. The standard InChI is InChI=1S/C21H23N3O4/c25-19(16-7-2-1-3-8-16)23-18(12-15-6-4-10-22-13-15)20(26)24-11-5-9-17(14-24)21(27)28/h1-4,6-8,10,13,17-18H,5,9,11-12,14H2,(H,23,25)(H,27,28). The highest BCUT2D eigenvalue weighted by Gasteiger charge is 2.32. The Bertz CT molecular complexity index is 826. The topological polar surface area (TPSA) is 99.6 Å². The number of aromatic nitrogens is 1. The Labute approximate surface area is 163 Å². The maximum absolute atomic E-state index is 13.1. The van der Waals surface area contributed by atoms with Gasteiger partial charge in [0.2, 0.25) is 5.91 Å². The number of carbonyl (C=O) groups excluding carboxylic acids is 2. The summed E-state index contributed by atoms with van der Waals surface area (Å²) in [4.78, 5) is 42.7. The second kappa shape index (κ2) is 9.12. The first-order valence-electron chi connectivity index (χ1n) is 9.31. The fourth-order valence-corrected chi connectivity index (χ4v) is 3.39. The Kier molecular flexibility index (Phi) is 6.37. The maximum atomic E-state index is 13.1. The molecular weight excluding hydrogens is 358 g/mol. The van der Waals surface area contributed by atoms with Crippen LogP contribution in [-0.4, -0.2) is 51.9 Å². The van der Waals surface area contributed by atoms with Gasteiger partial charge in [0.15, 0.2) is 0 Å². The third-order valence-corrected chi connectivity index (χ3v) is 4.88. The molecule has 2 amide bonds. The summed E-state index contributed by atoms with van der Waals surface area (Å²) in [7, 11) is 0. The fraction of sp³-hybridized carbons (Fsp3) is 0.333. The molecule has 1 saturated heterocycles. The van der Waals surface area contributed by atoms with E-state index in [-0.39, 0.29) is 18.4 Å². The lowest BCUT2D eigenvalue weighted by Gasteiger charge is -2.33. The van der Waals surface area contributed by atoms with E-state index < -0.39 is 17.9 Å². The highest BCUT2D eigenvalue weighted by molar-refractivity contribution is 5.97. The number of aliphatic carboxylic acids is 1. The van der Waals surface area contributed by atoms with E-state index in [9.17, 15) is 19.5 Å². The summed E-state index contributed by atoms with van der Waals surface area (Å²) in [6.07, 6.45) is 4.79. The van der Waals surface area contributed by atoms with Crippen LogP contribution in [0.5, 0.6) is 0 Å². The molecule has 0 spiro atoms. The van der Waals surface area contributed by atoms with Crippen LogP contribution in [0.3, 0.4) is 0 Å². The van der Waals surface area contributed by atoms with Gasteiger partial charge in [0.25, 0.3) is 5.91 Å². The number of rotatable bonds is 6. The average molecular weight is 381 g/mol. The molecule has 1 aromatic heterocycles. The van der Waals surface area contributed by atoms with Crippen LogP contribution >= 0.6 is 0 Å². The molecule has 7 nitrogen and oxygen atoms in total. The van der Waals surface area contributed by atoms with Crippen LogP contribution in [-0.2, 0) is 16.0 Å². The zero-order valence-electron chi connectivity index (χ0n) is 15.5. The van der Waals surface area contributed by atoms with Gasteiger partial charge >= 0.3 is 5.97 Å². The lowest BCUT2D eigenvalue weighted by atomic mass is 9.96. The summed E-state index contributed by atoms with van der Waals surface area (Å²) in [6.45, 7) is 0.659. The van der Waals surface area contributed by atoms with E-state index >= 15 is 0 Å². The molecule has 2 atom stereocenters. The van der Waals surface area contributed by atoms with Crippen LogP contribution in [0.2, 0.25) is 0 Å². The van der Waals surface area contributed by atoms with E-state index in [4.69, 9.17) is 0 Å². The number of nitrogens with zero attached hydrogens (tertiary/aromatic N) is 2. The first kappa shape index (κ1) is 19.5. The number of hydrogen-bond donors (Lipinski definition) is 2. The summed E-state index contributed by atoms with van der Waals surface area (Å²) < 4.78 is 0. The summed E-state index contributed by atoms with van der Waals surface area (Å²) in [6, 6.07) is 11.5. The molecule has 2 unspecified atom stereocenters. The van der Waals surface area contributed by atoms with Crippen LogP contribution in [0.15, 0.2) is 54.9 Å². The van der Waals surface area contributed by atoms with Gasteiger partial charge in [-0.1, -0.05) is 24.3 Å². The molecule has 0 aliphatic carbocycles. The Hall–Kier alpha value is -3.22. The minimum absolute atomic E-state index is 0.166. The van der Waals surface area contributed by atoms with Crippen molar-refractivity contribution in [3.63, 3.8) is 0 Å². The largest absolute Gasteiger partial charge is 0.481 e. The predicted molar refractivity (Wildman–Crippen MR) is 103 cm³/mol. The molecule has 2 N–H and O–H groups in total. The highest BCUT2D eigenvalue weighted by atomic mass is 16.4. The molecule has 1 aromatic carbocycles. The molecule has 1 fully saturated rings. The van der Waals surface area contributed by atoms with Crippen LogP contribution in [0, 0.1) is 5.92 Å². The third-order valence-electron chi connectivity index (χ3n) is 4.88. The molecule has 1 aliphatic heterocycles. The molecule has 146 valence electrons. The molecule has 3 rings (SSSR count). The Morgan fingerprint density at radius 3 is 2.64 bits per heavy atom. The first-order valence-corrected chi connectivity index (χ1v) is 9.31.